The molecular weight excluding hydrogens is 436 g/mol. The lowest BCUT2D eigenvalue weighted by atomic mass is 10.1. The molecule has 5 rings (SSSR count). The van der Waals surface area contributed by atoms with Crippen LogP contribution in [-0.4, -0.2) is 15.9 Å². The van der Waals surface area contributed by atoms with Crippen LogP contribution < -0.4 is 16.0 Å². The molecule has 0 spiro atoms. The van der Waals surface area contributed by atoms with Gasteiger partial charge in [0.25, 0.3) is 5.91 Å². The smallest absolute Gasteiger partial charge is 0.255 e. The number of anilines is 5. The van der Waals surface area contributed by atoms with Crippen LogP contribution in [0.4, 0.5) is 28.6 Å². The molecule has 0 atom stereocenters. The first-order valence-corrected chi connectivity index (χ1v) is 10.9. The van der Waals surface area contributed by atoms with Crippen LogP contribution in [0.2, 0.25) is 0 Å². The van der Waals surface area contributed by atoms with Crippen LogP contribution >= 0.6 is 0 Å². The third-order valence-electron chi connectivity index (χ3n) is 5.34. The second kappa shape index (κ2) is 9.73. The van der Waals surface area contributed by atoms with E-state index in [2.05, 4.69) is 32.0 Å². The highest BCUT2D eigenvalue weighted by Gasteiger charge is 2.10. The van der Waals surface area contributed by atoms with Gasteiger partial charge in [0.15, 0.2) is 0 Å². The van der Waals surface area contributed by atoms with E-state index in [-0.39, 0.29) is 5.91 Å². The molecule has 3 N–H and O–H groups in total. The van der Waals surface area contributed by atoms with Crippen molar-refractivity contribution in [2.24, 2.45) is 0 Å². The van der Waals surface area contributed by atoms with Crippen LogP contribution in [0, 0.1) is 11.3 Å². The molecule has 0 aliphatic rings. The number of nitrogens with zero attached hydrogens (tertiary/aromatic N) is 3. The summed E-state index contributed by atoms with van der Waals surface area (Å²) in [6.07, 6.45) is 3.35. The second-order valence-corrected chi connectivity index (χ2v) is 7.78. The second-order valence-electron chi connectivity index (χ2n) is 7.78. The highest BCUT2D eigenvalue weighted by Crippen LogP contribution is 2.27. The Hall–Kier alpha value is -5.22. The molecule has 0 aliphatic carbocycles. The van der Waals surface area contributed by atoms with E-state index < -0.39 is 0 Å². The lowest BCUT2D eigenvalue weighted by molar-refractivity contribution is 0.102. The first kappa shape index (κ1) is 21.6. The van der Waals surface area contributed by atoms with E-state index in [0.717, 1.165) is 28.0 Å². The number of nitriles is 1. The molecule has 35 heavy (non-hydrogen) atoms. The van der Waals surface area contributed by atoms with E-state index in [9.17, 15) is 10.1 Å². The van der Waals surface area contributed by atoms with Crippen molar-refractivity contribution < 1.29 is 4.79 Å². The summed E-state index contributed by atoms with van der Waals surface area (Å²) >= 11 is 0. The van der Waals surface area contributed by atoms with E-state index in [4.69, 9.17) is 0 Å². The molecule has 7 nitrogen and oxygen atoms in total. The number of nitrogens with one attached hydrogen (secondary N) is 3. The van der Waals surface area contributed by atoms with Crippen LogP contribution in [0.5, 0.6) is 0 Å². The van der Waals surface area contributed by atoms with Crippen LogP contribution in [0.25, 0.3) is 10.9 Å². The zero-order valence-electron chi connectivity index (χ0n) is 18.6. The van der Waals surface area contributed by atoms with Gasteiger partial charge in [-0.25, -0.2) is 4.98 Å². The molecule has 0 bridgehead atoms. The van der Waals surface area contributed by atoms with Gasteiger partial charge < -0.3 is 16.0 Å². The summed E-state index contributed by atoms with van der Waals surface area (Å²) in [5, 5.41) is 19.6. The average Bonchev–Trinajstić information content (AvgIpc) is 2.89. The average molecular weight is 457 g/mol. The van der Waals surface area contributed by atoms with E-state index in [1.807, 2.05) is 54.6 Å². The molecule has 168 valence electrons. The minimum Gasteiger partial charge on any atom is -0.355 e. The lowest BCUT2D eigenvalue weighted by Gasteiger charge is -2.12. The van der Waals surface area contributed by atoms with Crippen LogP contribution in [0.15, 0.2) is 103 Å². The van der Waals surface area contributed by atoms with E-state index in [0.29, 0.717) is 22.6 Å². The molecule has 0 aliphatic heterocycles. The topological polar surface area (TPSA) is 103 Å². The van der Waals surface area contributed by atoms with Gasteiger partial charge in [0, 0.05) is 52.2 Å². The van der Waals surface area contributed by atoms with E-state index in [1.165, 1.54) is 0 Å². The number of fused-ring (bicyclic) bond motifs is 1. The Balaban J connectivity index is 1.33. The molecular formula is C28H20N6O. The van der Waals surface area contributed by atoms with Crippen LogP contribution in [0.3, 0.4) is 0 Å². The van der Waals surface area contributed by atoms with Crippen molar-refractivity contribution >= 4 is 45.4 Å². The Bertz CT molecular complexity index is 1560. The van der Waals surface area contributed by atoms with Gasteiger partial charge in [0.05, 0.1) is 17.1 Å². The third-order valence-corrected chi connectivity index (χ3v) is 5.34. The van der Waals surface area contributed by atoms with Gasteiger partial charge >= 0.3 is 0 Å². The highest BCUT2D eigenvalue weighted by atomic mass is 16.1. The van der Waals surface area contributed by atoms with Crippen LogP contribution in [-0.2, 0) is 0 Å². The Morgan fingerprint density at radius 3 is 2.43 bits per heavy atom. The normalized spacial score (nSPS) is 10.4. The number of hydrogen-bond acceptors (Lipinski definition) is 6. The summed E-state index contributed by atoms with van der Waals surface area (Å²) in [5.74, 6) is 0.391. The molecule has 2 aromatic heterocycles. The van der Waals surface area contributed by atoms with Crippen molar-refractivity contribution in [1.82, 2.24) is 9.97 Å². The fourth-order valence-corrected chi connectivity index (χ4v) is 3.67. The zero-order chi connectivity index (χ0) is 24.0. The molecule has 0 radical (unpaired) electrons. The first-order valence-electron chi connectivity index (χ1n) is 10.9. The standard InChI is InChI=1S/C28H20N6O/c29-18-19-9-10-25-24(15-19)26(12-14-30-25)32-22-8-4-5-20(16-22)28(35)34-23-11-13-31-27(17-23)33-21-6-2-1-3-7-21/h1-17H,(H,30,32)(H2,31,33,34,35). The predicted octanol–water partition coefficient (Wildman–Crippen LogP) is 6.24. The van der Waals surface area contributed by atoms with Crippen molar-refractivity contribution in [2.75, 3.05) is 16.0 Å². The summed E-state index contributed by atoms with van der Waals surface area (Å²) in [7, 11) is 0. The number of aromatic nitrogens is 2. The first-order chi connectivity index (χ1) is 17.2. The van der Waals surface area contributed by atoms with Crippen molar-refractivity contribution in [2.45, 2.75) is 0 Å². The molecule has 2 heterocycles. The Morgan fingerprint density at radius 1 is 0.743 bits per heavy atom. The minimum atomic E-state index is -0.239. The fraction of sp³-hybridized carbons (Fsp3) is 0. The number of carbonyl (C=O) groups excluding carboxylic acids is 1. The number of carbonyl (C=O) groups is 1. The number of pyridine rings is 2. The molecule has 0 unspecified atom stereocenters. The van der Waals surface area contributed by atoms with E-state index in [1.54, 1.807) is 48.8 Å². The summed E-state index contributed by atoms with van der Waals surface area (Å²) in [4.78, 5) is 21.6. The monoisotopic (exact) mass is 456 g/mol. The maximum absolute atomic E-state index is 13.0. The third kappa shape index (κ3) is 5.07. The van der Waals surface area contributed by atoms with Gasteiger partial charge in [0.2, 0.25) is 0 Å². The van der Waals surface area contributed by atoms with Crippen molar-refractivity contribution in [1.29, 1.82) is 5.26 Å². The van der Waals surface area contributed by atoms with Gasteiger partial charge in [-0.2, -0.15) is 5.26 Å². The number of rotatable bonds is 6. The van der Waals surface area contributed by atoms with Crippen molar-refractivity contribution in [3.63, 3.8) is 0 Å². The Kier molecular flexibility index (Phi) is 6.01. The van der Waals surface area contributed by atoms with Crippen molar-refractivity contribution in [3.05, 3.63) is 115 Å². The quantitative estimate of drug-likeness (QED) is 0.279. The van der Waals surface area contributed by atoms with Gasteiger partial charge in [-0.3, -0.25) is 9.78 Å². The predicted molar refractivity (Wildman–Crippen MR) is 138 cm³/mol. The summed E-state index contributed by atoms with van der Waals surface area (Å²) in [6.45, 7) is 0. The maximum Gasteiger partial charge on any atom is 0.255 e. The lowest BCUT2D eigenvalue weighted by Crippen LogP contribution is -2.12. The summed E-state index contributed by atoms with van der Waals surface area (Å²) in [5.41, 5.74) is 4.92. The largest absolute Gasteiger partial charge is 0.355 e. The van der Waals surface area contributed by atoms with Crippen LogP contribution in [0.1, 0.15) is 15.9 Å². The van der Waals surface area contributed by atoms with Gasteiger partial charge in [-0.15, -0.1) is 0 Å². The minimum absolute atomic E-state index is 0.239. The number of benzene rings is 3. The van der Waals surface area contributed by atoms with Gasteiger partial charge in [0.1, 0.15) is 5.82 Å². The van der Waals surface area contributed by atoms with Gasteiger partial charge in [-0.1, -0.05) is 24.3 Å². The fourth-order valence-electron chi connectivity index (χ4n) is 3.67. The number of hydrogen-bond donors (Lipinski definition) is 3. The van der Waals surface area contributed by atoms with E-state index >= 15 is 0 Å². The molecule has 7 heteroatoms. The molecule has 1 amide bonds. The molecule has 5 aromatic rings. The summed E-state index contributed by atoms with van der Waals surface area (Å²) in [6, 6.07) is 29.8. The maximum atomic E-state index is 13.0. The zero-order valence-corrected chi connectivity index (χ0v) is 18.6. The highest BCUT2D eigenvalue weighted by molar-refractivity contribution is 6.05. The van der Waals surface area contributed by atoms with Crippen molar-refractivity contribution in [3.8, 4) is 6.07 Å². The number of para-hydroxylation sites is 1. The van der Waals surface area contributed by atoms with Gasteiger partial charge in [-0.05, 0) is 60.7 Å². The summed E-state index contributed by atoms with van der Waals surface area (Å²) < 4.78 is 0. The molecule has 3 aromatic carbocycles. The molecule has 0 saturated carbocycles. The SMILES string of the molecule is N#Cc1ccc2nccc(Nc3cccc(C(=O)Nc4ccnc(Nc5ccccc5)c4)c3)c2c1. The molecule has 0 fully saturated rings. The number of amides is 1. The molecule has 0 saturated heterocycles. The Morgan fingerprint density at radius 2 is 1.57 bits per heavy atom. The Labute approximate surface area is 202 Å².